The normalized spacial score (nSPS) is 18.7. The van der Waals surface area contributed by atoms with Crippen molar-refractivity contribution in [2.75, 3.05) is 25.0 Å². The lowest BCUT2D eigenvalue weighted by Gasteiger charge is -2.31. The Morgan fingerprint density at radius 2 is 2.00 bits per heavy atom. The number of nitrogens with one attached hydrogen (secondary N) is 1. The van der Waals surface area contributed by atoms with E-state index in [1.165, 1.54) is 4.90 Å². The van der Waals surface area contributed by atoms with Crippen molar-refractivity contribution in [3.8, 4) is 0 Å². The highest BCUT2D eigenvalue weighted by Gasteiger charge is 2.29. The van der Waals surface area contributed by atoms with E-state index in [0.29, 0.717) is 22.3 Å². The van der Waals surface area contributed by atoms with Crippen molar-refractivity contribution < 1.29 is 19.4 Å². The fourth-order valence-corrected chi connectivity index (χ4v) is 2.28. The van der Waals surface area contributed by atoms with E-state index >= 15 is 0 Å². The molecule has 1 heterocycles. The lowest BCUT2D eigenvalue weighted by molar-refractivity contribution is -0.154. The number of carbonyl (C=O) groups is 2. The Bertz CT molecular complexity index is 518. The van der Waals surface area contributed by atoms with Crippen molar-refractivity contribution in [2.45, 2.75) is 6.10 Å². The highest BCUT2D eigenvalue weighted by Crippen LogP contribution is 2.30. The molecule has 0 aromatic heterocycles. The first-order valence-corrected chi connectivity index (χ1v) is 6.59. The molecule has 20 heavy (non-hydrogen) atoms. The van der Waals surface area contributed by atoms with Crippen LogP contribution in [0, 0.1) is 0 Å². The van der Waals surface area contributed by atoms with E-state index in [0.717, 1.165) is 0 Å². The Kier molecular flexibility index (Phi) is 4.69. The molecule has 0 bridgehead atoms. The van der Waals surface area contributed by atoms with Gasteiger partial charge in [-0.2, -0.15) is 0 Å². The van der Waals surface area contributed by atoms with Gasteiger partial charge in [0, 0.05) is 6.54 Å². The fraction of sp³-hybridized carbons (Fsp3) is 0.333. The maximum Gasteiger partial charge on any atom is 0.334 e. The Balaban J connectivity index is 2.06. The zero-order chi connectivity index (χ0) is 14.7. The standard InChI is InChI=1S/C12H12Cl2N2O4/c13-7-2-1-3-8(14)10(7)15-12(19)16-4-5-20-9(6-16)11(17)18/h1-3,9H,4-6H2,(H,15,19)(H,17,18). The van der Waals surface area contributed by atoms with E-state index in [1.807, 2.05) is 0 Å². The first-order valence-electron chi connectivity index (χ1n) is 5.83. The Morgan fingerprint density at radius 3 is 2.60 bits per heavy atom. The molecule has 0 spiro atoms. The SMILES string of the molecule is O=C(O)C1CN(C(=O)Nc2c(Cl)cccc2Cl)CCO1. The molecule has 2 N–H and O–H groups in total. The zero-order valence-electron chi connectivity index (χ0n) is 10.3. The summed E-state index contributed by atoms with van der Waals surface area (Å²) in [5.74, 6) is -1.10. The minimum Gasteiger partial charge on any atom is -0.479 e. The van der Waals surface area contributed by atoms with Gasteiger partial charge in [-0.1, -0.05) is 29.3 Å². The second-order valence-electron chi connectivity index (χ2n) is 4.17. The number of amides is 2. The lowest BCUT2D eigenvalue weighted by atomic mass is 10.3. The van der Waals surface area contributed by atoms with Gasteiger partial charge >= 0.3 is 12.0 Å². The average Bonchev–Trinajstić information content (AvgIpc) is 2.43. The van der Waals surface area contributed by atoms with Crippen molar-refractivity contribution in [1.29, 1.82) is 0 Å². The maximum atomic E-state index is 12.1. The van der Waals surface area contributed by atoms with Crippen LogP contribution in [-0.2, 0) is 9.53 Å². The summed E-state index contributed by atoms with van der Waals surface area (Å²) in [4.78, 5) is 24.3. The van der Waals surface area contributed by atoms with Crippen LogP contribution in [-0.4, -0.2) is 47.8 Å². The van der Waals surface area contributed by atoms with Gasteiger partial charge in [-0.05, 0) is 12.1 Å². The van der Waals surface area contributed by atoms with Crippen LogP contribution in [0.3, 0.4) is 0 Å². The van der Waals surface area contributed by atoms with E-state index in [-0.39, 0.29) is 13.2 Å². The highest BCUT2D eigenvalue weighted by atomic mass is 35.5. The molecule has 0 saturated carbocycles. The van der Waals surface area contributed by atoms with Gasteiger partial charge in [0.1, 0.15) is 0 Å². The molecule has 108 valence electrons. The number of rotatable bonds is 2. The van der Waals surface area contributed by atoms with Crippen LogP contribution in [0.25, 0.3) is 0 Å². The van der Waals surface area contributed by atoms with Gasteiger partial charge in [-0.15, -0.1) is 0 Å². The predicted molar refractivity (Wildman–Crippen MR) is 74.4 cm³/mol. The van der Waals surface area contributed by atoms with Gasteiger partial charge in [0.15, 0.2) is 6.10 Å². The Hall–Kier alpha value is -1.50. The van der Waals surface area contributed by atoms with Crippen LogP contribution in [0.4, 0.5) is 10.5 Å². The molecule has 2 amide bonds. The zero-order valence-corrected chi connectivity index (χ0v) is 11.8. The number of carboxylic acids is 1. The molecule has 1 unspecified atom stereocenters. The molecule has 2 rings (SSSR count). The van der Waals surface area contributed by atoms with E-state index < -0.39 is 18.1 Å². The minimum absolute atomic E-state index is 0.0246. The maximum absolute atomic E-state index is 12.1. The monoisotopic (exact) mass is 318 g/mol. The van der Waals surface area contributed by atoms with Crippen molar-refractivity contribution in [3.63, 3.8) is 0 Å². The van der Waals surface area contributed by atoms with Gasteiger partial charge < -0.3 is 20.1 Å². The fourth-order valence-electron chi connectivity index (χ4n) is 1.79. The third kappa shape index (κ3) is 3.33. The third-order valence-corrected chi connectivity index (χ3v) is 3.45. The number of para-hydroxylation sites is 1. The van der Waals surface area contributed by atoms with E-state index in [2.05, 4.69) is 5.32 Å². The molecule has 0 radical (unpaired) electrons. The minimum atomic E-state index is -1.10. The first-order chi connectivity index (χ1) is 9.49. The summed E-state index contributed by atoms with van der Waals surface area (Å²) in [6, 6.07) is 4.40. The van der Waals surface area contributed by atoms with Crippen molar-refractivity contribution in [2.24, 2.45) is 0 Å². The highest BCUT2D eigenvalue weighted by molar-refractivity contribution is 6.39. The lowest BCUT2D eigenvalue weighted by Crippen LogP contribution is -2.49. The number of carbonyl (C=O) groups excluding carboxylic acids is 1. The summed E-state index contributed by atoms with van der Waals surface area (Å²) < 4.78 is 5.04. The molecule has 1 aromatic rings. The van der Waals surface area contributed by atoms with Crippen LogP contribution in [0.15, 0.2) is 18.2 Å². The van der Waals surface area contributed by atoms with E-state index in [1.54, 1.807) is 18.2 Å². The van der Waals surface area contributed by atoms with Crippen LogP contribution in [0.2, 0.25) is 10.0 Å². The van der Waals surface area contributed by atoms with Gasteiger partial charge in [0.25, 0.3) is 0 Å². The van der Waals surface area contributed by atoms with Crippen LogP contribution in [0.5, 0.6) is 0 Å². The largest absolute Gasteiger partial charge is 0.479 e. The average molecular weight is 319 g/mol. The molecule has 1 atom stereocenters. The smallest absolute Gasteiger partial charge is 0.334 e. The van der Waals surface area contributed by atoms with Crippen molar-refractivity contribution >= 4 is 40.9 Å². The van der Waals surface area contributed by atoms with Gasteiger partial charge in [0.2, 0.25) is 0 Å². The number of carboxylic acid groups (broad SMARTS) is 1. The second-order valence-corrected chi connectivity index (χ2v) is 4.98. The summed E-state index contributed by atoms with van der Waals surface area (Å²) in [5.41, 5.74) is 0.305. The number of halogens is 2. The van der Waals surface area contributed by atoms with Crippen LogP contribution >= 0.6 is 23.2 Å². The summed E-state index contributed by atoms with van der Waals surface area (Å²) in [6.45, 7) is 0.446. The number of nitrogens with zero attached hydrogens (tertiary/aromatic N) is 1. The topological polar surface area (TPSA) is 78.9 Å². The number of hydrogen-bond acceptors (Lipinski definition) is 3. The van der Waals surface area contributed by atoms with Gasteiger partial charge in [-0.3, -0.25) is 0 Å². The number of anilines is 1. The number of urea groups is 1. The van der Waals surface area contributed by atoms with Gasteiger partial charge in [0.05, 0.1) is 28.9 Å². The number of morpholine rings is 1. The molecular formula is C12H12Cl2N2O4. The quantitative estimate of drug-likeness (QED) is 0.877. The Morgan fingerprint density at radius 1 is 1.35 bits per heavy atom. The summed E-state index contributed by atoms with van der Waals surface area (Å²) in [7, 11) is 0. The van der Waals surface area contributed by atoms with Crippen LogP contribution < -0.4 is 5.32 Å². The van der Waals surface area contributed by atoms with E-state index in [4.69, 9.17) is 33.0 Å². The number of benzene rings is 1. The first kappa shape index (κ1) is 14.9. The molecule has 1 aliphatic rings. The number of aliphatic carboxylic acids is 1. The van der Waals surface area contributed by atoms with E-state index in [9.17, 15) is 9.59 Å². The van der Waals surface area contributed by atoms with Crippen LogP contribution in [0.1, 0.15) is 0 Å². The third-order valence-electron chi connectivity index (χ3n) is 2.82. The summed E-state index contributed by atoms with van der Waals surface area (Å²) >= 11 is 11.9. The van der Waals surface area contributed by atoms with Crippen molar-refractivity contribution in [1.82, 2.24) is 4.90 Å². The number of ether oxygens (including phenoxy) is 1. The molecular weight excluding hydrogens is 307 g/mol. The molecule has 8 heteroatoms. The molecule has 1 aromatic carbocycles. The van der Waals surface area contributed by atoms with Gasteiger partial charge in [-0.25, -0.2) is 9.59 Å². The summed E-state index contributed by atoms with van der Waals surface area (Å²) in [6.07, 6.45) is -1.02. The van der Waals surface area contributed by atoms with Crippen molar-refractivity contribution in [3.05, 3.63) is 28.2 Å². The predicted octanol–water partition coefficient (Wildman–Crippen LogP) is 2.31. The Labute approximate surface area is 125 Å². The molecule has 1 aliphatic heterocycles. The summed E-state index contributed by atoms with van der Waals surface area (Å²) in [5, 5.41) is 12.1. The number of hydrogen-bond donors (Lipinski definition) is 2. The second kappa shape index (κ2) is 6.30. The molecule has 1 fully saturated rings. The molecule has 1 saturated heterocycles. The molecule has 0 aliphatic carbocycles. The molecule has 6 nitrogen and oxygen atoms in total.